The van der Waals surface area contributed by atoms with E-state index in [1.165, 1.54) is 23.8 Å². The lowest BCUT2D eigenvalue weighted by molar-refractivity contribution is -0.704. The van der Waals surface area contributed by atoms with E-state index in [0.29, 0.717) is 5.69 Å². The molecule has 0 aliphatic carbocycles. The van der Waals surface area contributed by atoms with E-state index in [9.17, 15) is 9.18 Å². The van der Waals surface area contributed by atoms with E-state index in [1.807, 2.05) is 37.4 Å². The van der Waals surface area contributed by atoms with Gasteiger partial charge in [-0.05, 0) is 32.0 Å². The van der Waals surface area contributed by atoms with Gasteiger partial charge in [0.05, 0.1) is 10.7 Å². The molecule has 0 heterocycles. The van der Waals surface area contributed by atoms with Gasteiger partial charge in [-0.15, -0.1) is 0 Å². The second-order valence-electron chi connectivity index (χ2n) is 6.89. The van der Waals surface area contributed by atoms with Crippen molar-refractivity contribution in [1.82, 2.24) is 0 Å². The summed E-state index contributed by atoms with van der Waals surface area (Å²) in [5.41, 5.74) is 3.83. The molecule has 0 radical (unpaired) electrons. The molecule has 5 heteroatoms. The van der Waals surface area contributed by atoms with Crippen molar-refractivity contribution in [1.29, 1.82) is 0 Å². The first-order valence-electron chi connectivity index (χ1n) is 9.16. The Kier molecular flexibility index (Phi) is 6.45. The highest BCUT2D eigenvalue weighted by Crippen LogP contribution is 2.23. The predicted molar refractivity (Wildman–Crippen MR) is 111 cm³/mol. The topological polar surface area (TPSA) is 45.7 Å². The molecule has 3 nitrogen and oxygen atoms in total. The minimum absolute atomic E-state index is 0.0220. The molecule has 0 unspecified atom stereocenters. The summed E-state index contributed by atoms with van der Waals surface area (Å²) in [6, 6.07) is 21.9. The summed E-state index contributed by atoms with van der Waals surface area (Å²) in [7, 11) is 0. The van der Waals surface area contributed by atoms with Crippen LogP contribution in [-0.2, 0) is 4.79 Å². The van der Waals surface area contributed by atoms with E-state index in [2.05, 4.69) is 41.7 Å². The van der Waals surface area contributed by atoms with E-state index < -0.39 is 5.82 Å². The third-order valence-corrected chi connectivity index (χ3v) is 4.99. The molecule has 0 saturated heterocycles. The maximum atomic E-state index is 13.2. The Balaban J connectivity index is 1.79. The minimum atomic E-state index is -0.439. The summed E-state index contributed by atoms with van der Waals surface area (Å²) in [6.45, 7) is 3.89. The molecule has 3 N–H and O–H groups in total. The highest BCUT2D eigenvalue weighted by molar-refractivity contribution is 6.33. The van der Waals surface area contributed by atoms with Crippen LogP contribution in [0.2, 0.25) is 5.02 Å². The van der Waals surface area contributed by atoms with Gasteiger partial charge in [0.1, 0.15) is 11.9 Å². The number of rotatable bonds is 6. The first kappa shape index (κ1) is 20.1. The normalized spacial score (nSPS) is 13.0. The van der Waals surface area contributed by atoms with Crippen molar-refractivity contribution in [3.05, 3.63) is 100 Å². The van der Waals surface area contributed by atoms with Crippen molar-refractivity contribution in [3.8, 4) is 0 Å². The van der Waals surface area contributed by atoms with Crippen LogP contribution in [-0.4, -0.2) is 11.9 Å². The molecule has 0 bridgehead atoms. The number of benzene rings is 3. The molecule has 0 aliphatic heterocycles. The summed E-state index contributed by atoms with van der Waals surface area (Å²) in [4.78, 5) is 12.7. The monoisotopic (exact) mass is 397 g/mol. The van der Waals surface area contributed by atoms with Gasteiger partial charge in [-0.25, -0.2) is 4.39 Å². The summed E-state index contributed by atoms with van der Waals surface area (Å²) in [5, 5.41) is 4.99. The molecule has 0 fully saturated rings. The molecule has 0 spiro atoms. The molecule has 0 aliphatic rings. The van der Waals surface area contributed by atoms with Gasteiger partial charge in [0.25, 0.3) is 5.91 Å². The zero-order valence-electron chi connectivity index (χ0n) is 15.8. The molecule has 144 valence electrons. The van der Waals surface area contributed by atoms with Crippen LogP contribution in [0.5, 0.6) is 0 Å². The average molecular weight is 398 g/mol. The van der Waals surface area contributed by atoms with E-state index in [4.69, 9.17) is 11.6 Å². The molecule has 0 aromatic heterocycles. The van der Waals surface area contributed by atoms with Crippen molar-refractivity contribution in [3.63, 3.8) is 0 Å². The number of anilines is 1. The van der Waals surface area contributed by atoms with E-state index in [-0.39, 0.29) is 23.0 Å². The molecule has 28 heavy (non-hydrogen) atoms. The minimum Gasteiger partial charge on any atom is -0.326 e. The van der Waals surface area contributed by atoms with Gasteiger partial charge in [-0.1, -0.05) is 71.8 Å². The van der Waals surface area contributed by atoms with Crippen LogP contribution >= 0.6 is 11.6 Å². The number of nitrogens with two attached hydrogens (primary N) is 1. The van der Waals surface area contributed by atoms with Gasteiger partial charge < -0.3 is 10.6 Å². The molecule has 2 atom stereocenters. The summed E-state index contributed by atoms with van der Waals surface area (Å²) < 4.78 is 13.2. The fourth-order valence-electron chi connectivity index (χ4n) is 3.06. The maximum Gasteiger partial charge on any atom is 0.282 e. The maximum absolute atomic E-state index is 13.2. The number of carbonyl (C=O) groups excluding carboxylic acids is 1. The van der Waals surface area contributed by atoms with Crippen LogP contribution in [0.3, 0.4) is 0 Å². The molecule has 1 amide bonds. The van der Waals surface area contributed by atoms with Gasteiger partial charge in [-0.3, -0.25) is 4.79 Å². The molecule has 3 aromatic rings. The Morgan fingerprint density at radius 3 is 2.29 bits per heavy atom. The van der Waals surface area contributed by atoms with Crippen LogP contribution < -0.4 is 10.6 Å². The Bertz CT molecular complexity index is 945. The second kappa shape index (κ2) is 9.00. The number of carbonyl (C=O) groups is 1. The standard InChI is InChI=1S/C23H22ClFN2O/c1-15-8-10-18(11-9-15)22(17-6-4-3-5-7-17)26-16(2)23(28)27-21-13-12-19(25)14-20(21)24/h3-14,16,22,26H,1-2H3,(H,27,28)/p+1/t16-,22-/m0/s1. The van der Waals surface area contributed by atoms with Gasteiger partial charge in [0.15, 0.2) is 6.04 Å². The lowest BCUT2D eigenvalue weighted by Gasteiger charge is -2.21. The Labute approximate surface area is 169 Å². The number of hydrogen-bond acceptors (Lipinski definition) is 1. The van der Waals surface area contributed by atoms with Crippen molar-refractivity contribution < 1.29 is 14.5 Å². The Morgan fingerprint density at radius 1 is 1.00 bits per heavy atom. The van der Waals surface area contributed by atoms with E-state index in [1.54, 1.807) is 0 Å². The third kappa shape index (κ3) is 4.97. The van der Waals surface area contributed by atoms with Crippen LogP contribution in [0.4, 0.5) is 10.1 Å². The highest BCUT2D eigenvalue weighted by Gasteiger charge is 2.25. The number of amides is 1. The number of hydrogen-bond donors (Lipinski definition) is 2. The average Bonchev–Trinajstić information content (AvgIpc) is 2.69. The first-order chi connectivity index (χ1) is 13.4. The van der Waals surface area contributed by atoms with Crippen molar-refractivity contribution in [2.45, 2.75) is 25.9 Å². The molecule has 3 aromatic carbocycles. The van der Waals surface area contributed by atoms with Crippen LogP contribution in [0.15, 0.2) is 72.8 Å². The summed E-state index contributed by atoms with van der Waals surface area (Å²) in [5.74, 6) is -0.632. The van der Waals surface area contributed by atoms with Crippen molar-refractivity contribution >= 4 is 23.2 Å². The molecular formula is C23H23ClFN2O+. The van der Waals surface area contributed by atoms with Crippen molar-refractivity contribution in [2.75, 3.05) is 5.32 Å². The number of aryl methyl sites for hydroxylation is 1. The van der Waals surface area contributed by atoms with Crippen LogP contribution in [0.1, 0.15) is 29.7 Å². The smallest absolute Gasteiger partial charge is 0.282 e. The first-order valence-corrected chi connectivity index (χ1v) is 9.54. The molecule has 0 saturated carbocycles. The highest BCUT2D eigenvalue weighted by atomic mass is 35.5. The third-order valence-electron chi connectivity index (χ3n) is 4.68. The zero-order valence-corrected chi connectivity index (χ0v) is 16.6. The Hall–Kier alpha value is -2.69. The Morgan fingerprint density at radius 2 is 1.64 bits per heavy atom. The van der Waals surface area contributed by atoms with Crippen LogP contribution in [0.25, 0.3) is 0 Å². The quantitative estimate of drug-likeness (QED) is 0.633. The fourth-order valence-corrected chi connectivity index (χ4v) is 3.28. The number of halogens is 2. The SMILES string of the molecule is Cc1ccc([C@@H]([NH2+][C@@H](C)C(=O)Nc2ccc(F)cc2Cl)c2ccccc2)cc1. The fraction of sp³-hybridized carbons (Fsp3) is 0.174. The zero-order chi connectivity index (χ0) is 20.1. The van der Waals surface area contributed by atoms with Gasteiger partial charge >= 0.3 is 0 Å². The van der Waals surface area contributed by atoms with E-state index in [0.717, 1.165) is 11.1 Å². The molecular weight excluding hydrogens is 375 g/mol. The lowest BCUT2D eigenvalue weighted by Crippen LogP contribution is -2.92. The lowest BCUT2D eigenvalue weighted by atomic mass is 9.97. The largest absolute Gasteiger partial charge is 0.326 e. The van der Waals surface area contributed by atoms with Crippen molar-refractivity contribution in [2.24, 2.45) is 0 Å². The molecule has 3 rings (SSSR count). The predicted octanol–water partition coefficient (Wildman–Crippen LogP) is 4.47. The van der Waals surface area contributed by atoms with Gasteiger partial charge in [0.2, 0.25) is 0 Å². The second-order valence-corrected chi connectivity index (χ2v) is 7.30. The van der Waals surface area contributed by atoms with Gasteiger partial charge in [-0.2, -0.15) is 0 Å². The summed E-state index contributed by atoms with van der Waals surface area (Å²) in [6.07, 6.45) is 0. The van der Waals surface area contributed by atoms with Crippen LogP contribution in [0, 0.1) is 12.7 Å². The number of nitrogens with one attached hydrogen (secondary N) is 1. The van der Waals surface area contributed by atoms with E-state index >= 15 is 0 Å². The summed E-state index contributed by atoms with van der Waals surface area (Å²) >= 11 is 6.03. The number of quaternary nitrogens is 1. The van der Waals surface area contributed by atoms with Gasteiger partial charge in [0, 0.05) is 11.1 Å².